The Kier molecular flexibility index (Phi) is 26.6. The first-order valence-corrected chi connectivity index (χ1v) is 30.3. The molecule has 0 radical (unpaired) electrons. The van der Waals surface area contributed by atoms with Crippen LogP contribution >= 0.6 is 0 Å². The van der Waals surface area contributed by atoms with E-state index in [2.05, 4.69) is 16.0 Å². The van der Waals surface area contributed by atoms with Crippen molar-refractivity contribution in [2.45, 2.75) is 113 Å². The van der Waals surface area contributed by atoms with E-state index >= 15 is 0 Å². The number of ether oxygens (including phenoxy) is 4. The smallest absolute Gasteiger partial charge is 0.407 e. The highest BCUT2D eigenvalue weighted by Gasteiger charge is 2.34. The fourth-order valence-electron chi connectivity index (χ4n) is 9.04. The number of rotatable bonds is 29. The molecule has 6 rings (SSSR count). The van der Waals surface area contributed by atoms with E-state index in [1.54, 1.807) is 12.1 Å². The van der Waals surface area contributed by atoms with Crippen molar-refractivity contribution in [2.24, 2.45) is 17.6 Å². The Balaban J connectivity index is 0.000000303. The monoisotopic (exact) mass is 1150 g/mol. The minimum atomic E-state index is -4.05. The fourth-order valence-corrected chi connectivity index (χ4v) is 12.3. The largest absolute Gasteiger partial charge is 0.444 e. The van der Waals surface area contributed by atoms with E-state index in [4.69, 9.17) is 30.4 Å². The van der Waals surface area contributed by atoms with Gasteiger partial charge >= 0.3 is 12.2 Å². The Morgan fingerprint density at radius 1 is 0.637 bits per heavy atom. The summed E-state index contributed by atoms with van der Waals surface area (Å²) in [6.07, 6.45) is -1.84. The Bertz CT molecular complexity index is 2690. The van der Waals surface area contributed by atoms with E-state index in [0.717, 1.165) is 24.1 Å². The van der Waals surface area contributed by atoms with Crippen LogP contribution in [0, 0.1) is 11.8 Å². The summed E-state index contributed by atoms with van der Waals surface area (Å²) in [5, 5.41) is 30.9. The molecule has 0 saturated carbocycles. The molecule has 2 saturated heterocycles. The van der Waals surface area contributed by atoms with Crippen molar-refractivity contribution in [3.8, 4) is 0 Å². The number of carbonyl (C=O) groups is 3. The summed E-state index contributed by atoms with van der Waals surface area (Å²) in [6, 6.07) is 29.0. The molecule has 21 nitrogen and oxygen atoms in total. The van der Waals surface area contributed by atoms with Crippen molar-refractivity contribution in [3.05, 3.63) is 120 Å². The van der Waals surface area contributed by atoms with E-state index < -0.39 is 56.5 Å². The summed E-state index contributed by atoms with van der Waals surface area (Å²) in [7, 11) is -7.95. The van der Waals surface area contributed by atoms with Gasteiger partial charge in [-0.25, -0.2) is 26.4 Å². The fraction of sp³-hybridized carbons (Fsp3) is 0.526. The molecule has 2 aliphatic heterocycles. The maximum atomic E-state index is 13.8. The predicted octanol–water partition coefficient (Wildman–Crippen LogP) is 4.83. The van der Waals surface area contributed by atoms with Crippen LogP contribution < -0.4 is 27.4 Å². The van der Waals surface area contributed by atoms with Crippen LogP contribution in [0.25, 0.3) is 0 Å². The number of nitrogen functional groups attached to an aromatic ring is 1. The lowest BCUT2D eigenvalue weighted by atomic mass is 10.0. The lowest BCUT2D eigenvalue weighted by Crippen LogP contribution is -2.51. The summed E-state index contributed by atoms with van der Waals surface area (Å²) in [6.45, 7) is 13.2. The van der Waals surface area contributed by atoms with Crippen molar-refractivity contribution in [1.29, 1.82) is 0 Å². The van der Waals surface area contributed by atoms with E-state index in [1.807, 2.05) is 100 Å². The maximum absolute atomic E-state index is 13.8. The average molecular weight is 1150 g/mol. The van der Waals surface area contributed by atoms with E-state index in [-0.39, 0.29) is 78.9 Å². The van der Waals surface area contributed by atoms with Crippen LogP contribution in [0.4, 0.5) is 21.0 Å². The second-order valence-corrected chi connectivity index (χ2v) is 24.8. The summed E-state index contributed by atoms with van der Waals surface area (Å²) >= 11 is 0. The SMILES string of the molecule is CC(C)CN(C[C@@H](O)[C@H](Cc1ccccc1)NC(=O)O[C@H]1CCOC1)S(=O)(=O)c1ccc(N)cc1.CCCN(CCN)CC(=O)Nc1ccc(S(=O)(=O)N(CC(C)C)CC(O)[C@H](Cc2ccccc2)NC(=O)OC2CCOC2)cc1. The van der Waals surface area contributed by atoms with Crippen molar-refractivity contribution >= 4 is 49.5 Å². The van der Waals surface area contributed by atoms with Gasteiger partial charge in [-0.2, -0.15) is 8.61 Å². The third-order valence-corrected chi connectivity index (χ3v) is 16.7. The van der Waals surface area contributed by atoms with Crippen molar-refractivity contribution in [2.75, 3.05) is 89.8 Å². The topological polar surface area (TPSA) is 295 Å². The molecule has 6 atom stereocenters. The molecule has 0 aromatic heterocycles. The average Bonchev–Trinajstić information content (AvgIpc) is 4.19. The van der Waals surface area contributed by atoms with E-state index in [9.17, 15) is 41.4 Å². The van der Waals surface area contributed by atoms with Crippen molar-refractivity contribution in [3.63, 3.8) is 0 Å². The van der Waals surface area contributed by atoms with Gasteiger partial charge in [0.15, 0.2) is 0 Å². The molecular weight excluding hydrogens is 1070 g/mol. The number of aliphatic hydroxyl groups is 2. The molecular formula is C57H84N8O13S2. The Morgan fingerprint density at radius 2 is 1.06 bits per heavy atom. The highest BCUT2D eigenvalue weighted by Crippen LogP contribution is 2.24. The van der Waals surface area contributed by atoms with E-state index in [1.165, 1.54) is 45.0 Å². The first-order valence-electron chi connectivity index (χ1n) is 27.4. The molecule has 3 amide bonds. The number of anilines is 2. The van der Waals surface area contributed by atoms with Gasteiger partial charge in [-0.15, -0.1) is 0 Å². The molecule has 2 unspecified atom stereocenters. The van der Waals surface area contributed by atoms with Crippen LogP contribution in [0.15, 0.2) is 119 Å². The second kappa shape index (κ2) is 32.6. The van der Waals surface area contributed by atoms with Gasteiger partial charge in [0.1, 0.15) is 12.2 Å². The highest BCUT2D eigenvalue weighted by atomic mass is 32.2. The third-order valence-electron chi connectivity index (χ3n) is 13.0. The molecule has 0 aliphatic carbocycles. The summed E-state index contributed by atoms with van der Waals surface area (Å²) in [5.74, 6) is -0.246. The number of benzene rings is 4. The molecule has 442 valence electrons. The first kappa shape index (κ1) is 65.1. The quantitative estimate of drug-likeness (QED) is 0.0358. The van der Waals surface area contributed by atoms with Gasteiger partial charge in [-0.05, 0) is 97.3 Å². The highest BCUT2D eigenvalue weighted by molar-refractivity contribution is 7.89. The zero-order valence-electron chi connectivity index (χ0n) is 46.7. The lowest BCUT2D eigenvalue weighted by molar-refractivity contribution is -0.117. The standard InChI is InChI=1S/C32H49N5O7S.C25H35N3O6S/c1-4-16-36(17-15-33)22-31(39)34-26-10-12-28(13-11-26)45(41,42)37(20-24(2)3)21-30(38)29(19-25-8-6-5-7-9-25)35-32(40)44-27-14-18-43-23-27;1-18(2)15-28(35(31,32)22-10-8-20(26)9-11-22)16-24(29)23(14-19-6-4-3-5-7-19)27-25(30)34-21-12-13-33-17-21/h5-13,24,27,29-30,38H,4,14-23,33H2,1-3H3,(H,34,39)(H,35,40);3-11,18,21,23-24,29H,12-17,26H2,1-2H3,(H,27,30)/t27?,29-,30?;21-,23-,24+/m00/s1. The van der Waals surface area contributed by atoms with Gasteiger partial charge in [0.2, 0.25) is 26.0 Å². The molecule has 2 heterocycles. The Labute approximate surface area is 472 Å². The normalized spacial score (nSPS) is 17.2. The Hall–Kier alpha value is -5.73. The number of alkyl carbamates (subject to hydrolysis) is 2. The van der Waals surface area contributed by atoms with Gasteiger partial charge in [0.05, 0.1) is 67.1 Å². The zero-order valence-corrected chi connectivity index (χ0v) is 48.4. The number of nitrogens with zero attached hydrogens (tertiary/aromatic N) is 3. The Morgan fingerprint density at radius 3 is 1.44 bits per heavy atom. The summed E-state index contributed by atoms with van der Waals surface area (Å²) in [5.41, 5.74) is 14.0. The maximum Gasteiger partial charge on any atom is 0.407 e. The number of carbonyl (C=O) groups excluding carboxylic acids is 3. The number of nitrogens with one attached hydrogen (secondary N) is 3. The molecule has 23 heteroatoms. The number of nitrogens with two attached hydrogens (primary N) is 2. The molecule has 80 heavy (non-hydrogen) atoms. The van der Waals surface area contributed by atoms with E-state index in [0.29, 0.717) is 70.2 Å². The van der Waals surface area contributed by atoms with Gasteiger partial charge in [0.25, 0.3) is 0 Å². The second-order valence-electron chi connectivity index (χ2n) is 20.9. The van der Waals surface area contributed by atoms with Gasteiger partial charge in [0, 0.05) is 63.5 Å². The molecule has 2 fully saturated rings. The van der Waals surface area contributed by atoms with Crippen LogP contribution in [0.2, 0.25) is 0 Å². The van der Waals surface area contributed by atoms with Crippen LogP contribution in [-0.4, -0.2) is 174 Å². The minimum Gasteiger partial charge on any atom is -0.444 e. The van der Waals surface area contributed by atoms with Gasteiger partial charge < -0.3 is 56.6 Å². The van der Waals surface area contributed by atoms with Crippen molar-refractivity contribution in [1.82, 2.24) is 24.1 Å². The molecule has 2 aliphatic rings. The predicted molar refractivity (Wildman–Crippen MR) is 306 cm³/mol. The number of hydrogen-bond donors (Lipinski definition) is 7. The van der Waals surface area contributed by atoms with Crippen LogP contribution in [0.1, 0.15) is 65.0 Å². The number of sulfonamides is 2. The molecule has 4 aromatic rings. The summed E-state index contributed by atoms with van der Waals surface area (Å²) < 4.78 is 78.4. The number of hydrogen-bond acceptors (Lipinski definition) is 16. The summed E-state index contributed by atoms with van der Waals surface area (Å²) in [4.78, 5) is 40.0. The van der Waals surface area contributed by atoms with Crippen LogP contribution in [-0.2, 0) is 56.6 Å². The molecule has 4 aromatic carbocycles. The zero-order chi connectivity index (χ0) is 58.2. The third kappa shape index (κ3) is 21.6. The van der Waals surface area contributed by atoms with Gasteiger partial charge in [-0.3, -0.25) is 9.69 Å². The molecule has 9 N–H and O–H groups in total. The number of aliphatic hydroxyl groups excluding tert-OH is 2. The first-order chi connectivity index (χ1) is 38.2. The lowest BCUT2D eigenvalue weighted by Gasteiger charge is -2.30. The van der Waals surface area contributed by atoms with Crippen LogP contribution in [0.5, 0.6) is 0 Å². The van der Waals surface area contributed by atoms with Crippen LogP contribution in [0.3, 0.4) is 0 Å². The number of amides is 3. The van der Waals surface area contributed by atoms with Gasteiger partial charge in [-0.1, -0.05) is 95.3 Å². The molecule has 0 bridgehead atoms. The minimum absolute atomic E-state index is 0.0126. The molecule has 0 spiro atoms. The van der Waals surface area contributed by atoms with Crippen molar-refractivity contribution < 1.29 is 60.4 Å².